The van der Waals surface area contributed by atoms with Crippen molar-refractivity contribution in [3.8, 4) is 11.1 Å². The maximum Gasteiger partial charge on any atom is 0.133 e. The number of anilines is 1. The molecule has 2 N–H and O–H groups in total. The molecule has 2 unspecified atom stereocenters. The number of nitrogens with one attached hydrogen (secondary N) is 1. The molecule has 1 aromatic carbocycles. The fourth-order valence-electron chi connectivity index (χ4n) is 2.62. The topological polar surface area (TPSA) is 70.9 Å². The van der Waals surface area contributed by atoms with Gasteiger partial charge < -0.3 is 10.4 Å². The van der Waals surface area contributed by atoms with Crippen molar-refractivity contribution < 1.29 is 5.11 Å². The standard InChI is InChI=1S/C20H19Cl3N4O/c1-10(2)19(23)27-18-14-4-13(15(21)5-17(14)24-8-16(18)22)12-6-25-20(26-7-12)11(3)9-28/h4-8,11,19,28H,1,9H2,2-3H3,(H,24,27). The zero-order chi connectivity index (χ0) is 20.4. The summed E-state index contributed by atoms with van der Waals surface area (Å²) in [6.45, 7) is 7.53. The average Bonchev–Trinajstić information content (AvgIpc) is 2.69. The van der Waals surface area contributed by atoms with Crippen LogP contribution in [0.3, 0.4) is 0 Å². The minimum absolute atomic E-state index is 0.0163. The summed E-state index contributed by atoms with van der Waals surface area (Å²) in [5.74, 6) is 0.435. The molecule has 0 amide bonds. The van der Waals surface area contributed by atoms with Gasteiger partial charge in [-0.1, -0.05) is 48.3 Å². The van der Waals surface area contributed by atoms with Crippen LogP contribution >= 0.6 is 34.8 Å². The predicted octanol–water partition coefficient (Wildman–Crippen LogP) is 5.65. The first-order chi connectivity index (χ1) is 13.3. The molecule has 8 heteroatoms. The molecule has 0 aliphatic rings. The zero-order valence-corrected chi connectivity index (χ0v) is 17.6. The fraction of sp³-hybridized carbons (Fsp3) is 0.250. The molecule has 0 aliphatic heterocycles. The Morgan fingerprint density at radius 1 is 1.14 bits per heavy atom. The van der Waals surface area contributed by atoms with E-state index in [-0.39, 0.29) is 12.5 Å². The van der Waals surface area contributed by atoms with E-state index < -0.39 is 5.50 Å². The molecule has 2 heterocycles. The fourth-order valence-corrected chi connectivity index (χ4v) is 3.20. The van der Waals surface area contributed by atoms with Crippen LogP contribution in [0.4, 0.5) is 5.69 Å². The maximum absolute atomic E-state index is 9.26. The molecule has 2 aromatic heterocycles. The molecule has 0 radical (unpaired) electrons. The number of benzene rings is 1. The van der Waals surface area contributed by atoms with Crippen molar-refractivity contribution in [2.24, 2.45) is 0 Å². The van der Waals surface area contributed by atoms with Gasteiger partial charge >= 0.3 is 0 Å². The van der Waals surface area contributed by atoms with E-state index in [9.17, 15) is 5.11 Å². The number of aliphatic hydroxyl groups excluding tert-OH is 1. The van der Waals surface area contributed by atoms with Gasteiger partial charge in [-0.15, -0.1) is 0 Å². The van der Waals surface area contributed by atoms with Gasteiger partial charge in [0.25, 0.3) is 0 Å². The van der Waals surface area contributed by atoms with E-state index >= 15 is 0 Å². The van der Waals surface area contributed by atoms with E-state index in [1.807, 2.05) is 19.9 Å². The summed E-state index contributed by atoms with van der Waals surface area (Å²) < 4.78 is 0. The summed E-state index contributed by atoms with van der Waals surface area (Å²) in [6, 6.07) is 3.65. The van der Waals surface area contributed by atoms with Crippen molar-refractivity contribution in [2.45, 2.75) is 25.3 Å². The van der Waals surface area contributed by atoms with Crippen LogP contribution in [0.1, 0.15) is 25.6 Å². The van der Waals surface area contributed by atoms with Crippen molar-refractivity contribution >= 4 is 51.4 Å². The van der Waals surface area contributed by atoms with E-state index in [0.29, 0.717) is 27.1 Å². The highest BCUT2D eigenvalue weighted by Crippen LogP contribution is 2.37. The molecule has 3 aromatic rings. The van der Waals surface area contributed by atoms with Crippen LogP contribution in [0.2, 0.25) is 10.0 Å². The zero-order valence-electron chi connectivity index (χ0n) is 15.4. The van der Waals surface area contributed by atoms with Crippen LogP contribution in [0, 0.1) is 0 Å². The van der Waals surface area contributed by atoms with Gasteiger partial charge in [0.05, 0.1) is 27.9 Å². The number of nitrogens with zero attached hydrogens (tertiary/aromatic N) is 3. The molecule has 0 bridgehead atoms. The largest absolute Gasteiger partial charge is 0.396 e. The summed E-state index contributed by atoms with van der Waals surface area (Å²) >= 11 is 19.2. The number of alkyl halides is 1. The number of pyridine rings is 1. The van der Waals surface area contributed by atoms with Gasteiger partial charge in [-0.05, 0) is 24.6 Å². The molecule has 2 atom stereocenters. The molecule has 0 saturated heterocycles. The van der Waals surface area contributed by atoms with E-state index in [1.165, 1.54) is 0 Å². The molecular weight excluding hydrogens is 419 g/mol. The van der Waals surface area contributed by atoms with Gasteiger partial charge in [0.15, 0.2) is 0 Å². The minimum Gasteiger partial charge on any atom is -0.396 e. The Morgan fingerprint density at radius 3 is 2.43 bits per heavy atom. The van der Waals surface area contributed by atoms with Crippen LogP contribution in [0.5, 0.6) is 0 Å². The average molecular weight is 438 g/mol. The first-order valence-corrected chi connectivity index (χ1v) is 9.78. The quantitative estimate of drug-likeness (QED) is 0.296. The lowest BCUT2D eigenvalue weighted by atomic mass is 10.0. The van der Waals surface area contributed by atoms with Gasteiger partial charge in [-0.2, -0.15) is 0 Å². The lowest BCUT2D eigenvalue weighted by molar-refractivity contribution is 0.268. The van der Waals surface area contributed by atoms with E-state index in [2.05, 4.69) is 26.8 Å². The second-order valence-electron chi connectivity index (χ2n) is 6.60. The SMILES string of the molecule is C=C(C)C(Cl)Nc1c(Cl)cnc2cc(Cl)c(-c3cnc(C(C)CO)nc3)cc12. The highest BCUT2D eigenvalue weighted by molar-refractivity contribution is 6.36. The molecular formula is C20H19Cl3N4O. The number of halogens is 3. The van der Waals surface area contributed by atoms with Crippen LogP contribution in [0.15, 0.2) is 42.9 Å². The van der Waals surface area contributed by atoms with Gasteiger partial charge in [0.2, 0.25) is 0 Å². The monoisotopic (exact) mass is 436 g/mol. The third-order valence-corrected chi connectivity index (χ3v) is 5.39. The molecule has 0 saturated carbocycles. The number of rotatable bonds is 6. The Balaban J connectivity index is 2.11. The van der Waals surface area contributed by atoms with Crippen LogP contribution in [-0.4, -0.2) is 32.2 Å². The Bertz CT molecular complexity index is 1020. The number of fused-ring (bicyclic) bond motifs is 1. The predicted molar refractivity (Wildman–Crippen MR) is 116 cm³/mol. The van der Waals surface area contributed by atoms with Gasteiger partial charge in [-0.25, -0.2) is 9.97 Å². The lowest BCUT2D eigenvalue weighted by Crippen LogP contribution is -2.13. The van der Waals surface area contributed by atoms with Crippen molar-refractivity contribution in [2.75, 3.05) is 11.9 Å². The summed E-state index contributed by atoms with van der Waals surface area (Å²) in [5.41, 5.74) is 3.10. The summed E-state index contributed by atoms with van der Waals surface area (Å²) in [6.07, 6.45) is 4.92. The summed E-state index contributed by atoms with van der Waals surface area (Å²) in [5, 5.41) is 14.2. The first-order valence-electron chi connectivity index (χ1n) is 8.58. The highest BCUT2D eigenvalue weighted by atomic mass is 35.5. The molecule has 5 nitrogen and oxygen atoms in total. The summed E-state index contributed by atoms with van der Waals surface area (Å²) in [4.78, 5) is 13.0. The Morgan fingerprint density at radius 2 is 1.82 bits per heavy atom. The highest BCUT2D eigenvalue weighted by Gasteiger charge is 2.16. The molecule has 0 fully saturated rings. The normalized spacial score (nSPS) is 13.4. The second kappa shape index (κ2) is 8.62. The van der Waals surface area contributed by atoms with Crippen LogP contribution in [-0.2, 0) is 0 Å². The first kappa shape index (κ1) is 20.8. The third kappa shape index (κ3) is 4.23. The van der Waals surface area contributed by atoms with E-state index in [0.717, 1.165) is 22.1 Å². The smallest absolute Gasteiger partial charge is 0.133 e. The van der Waals surface area contributed by atoms with Crippen molar-refractivity contribution in [3.63, 3.8) is 0 Å². The molecule has 0 spiro atoms. The van der Waals surface area contributed by atoms with Crippen molar-refractivity contribution in [1.82, 2.24) is 15.0 Å². The Kier molecular flexibility index (Phi) is 6.40. The molecule has 146 valence electrons. The molecule has 28 heavy (non-hydrogen) atoms. The Hall–Kier alpha value is -1.92. The van der Waals surface area contributed by atoms with Gasteiger partial charge in [0, 0.05) is 41.0 Å². The maximum atomic E-state index is 9.26. The number of hydrogen-bond donors (Lipinski definition) is 2. The Labute approximate surface area is 178 Å². The van der Waals surface area contributed by atoms with E-state index in [4.69, 9.17) is 34.8 Å². The lowest BCUT2D eigenvalue weighted by Gasteiger charge is -2.17. The second-order valence-corrected chi connectivity index (χ2v) is 7.85. The van der Waals surface area contributed by atoms with Crippen molar-refractivity contribution in [1.29, 1.82) is 0 Å². The van der Waals surface area contributed by atoms with Crippen molar-refractivity contribution in [3.05, 3.63) is 58.7 Å². The molecule has 3 rings (SSSR count). The minimum atomic E-state index is -0.482. The number of aromatic nitrogens is 3. The van der Waals surface area contributed by atoms with Gasteiger partial charge in [-0.3, -0.25) is 4.98 Å². The third-order valence-electron chi connectivity index (χ3n) is 4.31. The number of aliphatic hydroxyl groups is 1. The van der Waals surface area contributed by atoms with Crippen LogP contribution in [0.25, 0.3) is 22.0 Å². The van der Waals surface area contributed by atoms with Gasteiger partial charge in [0.1, 0.15) is 11.3 Å². The summed E-state index contributed by atoms with van der Waals surface area (Å²) in [7, 11) is 0. The number of hydrogen-bond acceptors (Lipinski definition) is 5. The van der Waals surface area contributed by atoms with Crippen LogP contribution < -0.4 is 5.32 Å². The molecule has 0 aliphatic carbocycles. The van der Waals surface area contributed by atoms with E-state index in [1.54, 1.807) is 24.7 Å².